The second-order valence-electron chi connectivity index (χ2n) is 4.94. The van der Waals surface area contributed by atoms with E-state index < -0.39 is 4.92 Å². The Kier molecular flexibility index (Phi) is 4.55. The molecule has 0 fully saturated rings. The molecule has 2 aromatic carbocycles. The van der Waals surface area contributed by atoms with Gasteiger partial charge in [0.25, 0.3) is 5.69 Å². The Bertz CT molecular complexity index is 645. The van der Waals surface area contributed by atoms with Crippen molar-refractivity contribution in [2.24, 2.45) is 5.73 Å². The lowest BCUT2D eigenvalue weighted by molar-refractivity contribution is -0.385. The van der Waals surface area contributed by atoms with E-state index in [0.29, 0.717) is 12.1 Å². The first kappa shape index (κ1) is 15.0. The van der Waals surface area contributed by atoms with Gasteiger partial charge in [0.15, 0.2) is 0 Å². The van der Waals surface area contributed by atoms with Gasteiger partial charge < -0.3 is 10.5 Å². The predicted octanol–water partition coefficient (Wildman–Crippen LogP) is 3.25. The number of rotatable bonds is 5. The Morgan fingerprint density at radius 2 is 1.81 bits per heavy atom. The number of nitro benzene ring substituents is 1. The summed E-state index contributed by atoms with van der Waals surface area (Å²) in [6.45, 7) is 4.54. The number of para-hydroxylation sites is 1. The molecule has 0 heterocycles. The summed E-state index contributed by atoms with van der Waals surface area (Å²) < 4.78 is 5.80. The molecule has 0 aliphatic heterocycles. The Labute approximate surface area is 123 Å². The number of hydrogen-bond acceptors (Lipinski definition) is 4. The molecule has 0 aromatic heterocycles. The van der Waals surface area contributed by atoms with Crippen LogP contribution in [0.4, 0.5) is 5.69 Å². The first-order valence-corrected chi connectivity index (χ1v) is 6.68. The number of nitrogens with two attached hydrogens (primary N) is 1. The molecular formula is C16H18N2O3. The fourth-order valence-electron chi connectivity index (χ4n) is 2.35. The Morgan fingerprint density at radius 3 is 2.38 bits per heavy atom. The average Bonchev–Trinajstić information content (AvgIpc) is 2.46. The number of nitrogens with zero attached hydrogens (tertiary/aromatic N) is 1. The SMILES string of the molecule is Cc1cc(CN)cc(C)c1OCc1ccccc1[N+](=O)[O-]. The van der Waals surface area contributed by atoms with E-state index in [0.717, 1.165) is 22.4 Å². The average molecular weight is 286 g/mol. The molecule has 21 heavy (non-hydrogen) atoms. The zero-order valence-corrected chi connectivity index (χ0v) is 12.1. The van der Waals surface area contributed by atoms with Gasteiger partial charge in [0.2, 0.25) is 0 Å². The highest BCUT2D eigenvalue weighted by molar-refractivity contribution is 5.44. The molecule has 2 rings (SSSR count). The molecule has 0 atom stereocenters. The van der Waals surface area contributed by atoms with Crippen LogP contribution >= 0.6 is 0 Å². The molecule has 5 nitrogen and oxygen atoms in total. The lowest BCUT2D eigenvalue weighted by Gasteiger charge is -2.13. The van der Waals surface area contributed by atoms with Crippen LogP contribution in [-0.2, 0) is 13.2 Å². The van der Waals surface area contributed by atoms with Crippen LogP contribution < -0.4 is 10.5 Å². The van der Waals surface area contributed by atoms with Crippen molar-refractivity contribution >= 4 is 5.69 Å². The summed E-state index contributed by atoms with van der Waals surface area (Å²) >= 11 is 0. The maximum Gasteiger partial charge on any atom is 0.276 e. The van der Waals surface area contributed by atoms with Gasteiger partial charge >= 0.3 is 0 Å². The van der Waals surface area contributed by atoms with Gasteiger partial charge in [-0.15, -0.1) is 0 Å². The van der Waals surface area contributed by atoms with E-state index in [9.17, 15) is 10.1 Å². The fourth-order valence-corrected chi connectivity index (χ4v) is 2.35. The summed E-state index contributed by atoms with van der Waals surface area (Å²) in [6, 6.07) is 10.5. The van der Waals surface area contributed by atoms with Gasteiger partial charge in [-0.05, 0) is 36.6 Å². The van der Waals surface area contributed by atoms with E-state index in [1.807, 2.05) is 26.0 Å². The molecule has 0 amide bonds. The topological polar surface area (TPSA) is 78.4 Å². The summed E-state index contributed by atoms with van der Waals surface area (Å²) in [5.41, 5.74) is 9.28. The minimum atomic E-state index is -0.393. The van der Waals surface area contributed by atoms with E-state index in [-0.39, 0.29) is 12.3 Å². The maximum absolute atomic E-state index is 11.0. The number of nitro groups is 1. The van der Waals surface area contributed by atoms with Crippen LogP contribution in [0.15, 0.2) is 36.4 Å². The Morgan fingerprint density at radius 1 is 1.19 bits per heavy atom. The highest BCUT2D eigenvalue weighted by Gasteiger charge is 2.14. The summed E-state index contributed by atoms with van der Waals surface area (Å²) in [6.07, 6.45) is 0. The molecule has 0 spiro atoms. The Balaban J connectivity index is 2.23. The largest absolute Gasteiger partial charge is 0.488 e. The molecule has 110 valence electrons. The molecule has 2 N–H and O–H groups in total. The molecule has 0 bridgehead atoms. The zero-order valence-electron chi connectivity index (χ0n) is 12.1. The lowest BCUT2D eigenvalue weighted by atomic mass is 10.1. The summed E-state index contributed by atoms with van der Waals surface area (Å²) in [4.78, 5) is 10.6. The monoisotopic (exact) mass is 286 g/mol. The molecular weight excluding hydrogens is 268 g/mol. The molecule has 0 aliphatic rings. The van der Waals surface area contributed by atoms with Crippen LogP contribution in [0.25, 0.3) is 0 Å². The standard InChI is InChI=1S/C16H18N2O3/c1-11-7-13(9-17)8-12(2)16(11)21-10-14-5-3-4-6-15(14)18(19)20/h3-8H,9-10,17H2,1-2H3. The number of hydrogen-bond donors (Lipinski definition) is 1. The summed E-state index contributed by atoms with van der Waals surface area (Å²) in [5.74, 6) is 0.755. The molecule has 0 radical (unpaired) electrons. The van der Waals surface area contributed by atoms with Crippen molar-refractivity contribution in [3.8, 4) is 5.75 Å². The van der Waals surface area contributed by atoms with Crippen LogP contribution in [0.5, 0.6) is 5.75 Å². The third-order valence-corrected chi connectivity index (χ3v) is 3.32. The van der Waals surface area contributed by atoms with E-state index in [2.05, 4.69) is 0 Å². The first-order valence-electron chi connectivity index (χ1n) is 6.68. The van der Waals surface area contributed by atoms with Gasteiger partial charge in [0, 0.05) is 12.6 Å². The van der Waals surface area contributed by atoms with Gasteiger partial charge in [-0.2, -0.15) is 0 Å². The van der Waals surface area contributed by atoms with Gasteiger partial charge in [0.1, 0.15) is 12.4 Å². The smallest absolute Gasteiger partial charge is 0.276 e. The van der Waals surface area contributed by atoms with Crippen LogP contribution in [-0.4, -0.2) is 4.92 Å². The number of benzene rings is 2. The van der Waals surface area contributed by atoms with Crippen LogP contribution in [0.2, 0.25) is 0 Å². The lowest BCUT2D eigenvalue weighted by Crippen LogP contribution is -2.04. The minimum absolute atomic E-state index is 0.0754. The van der Waals surface area contributed by atoms with Crippen LogP contribution in [0.1, 0.15) is 22.3 Å². The van der Waals surface area contributed by atoms with E-state index in [1.165, 1.54) is 6.07 Å². The third-order valence-electron chi connectivity index (χ3n) is 3.32. The van der Waals surface area contributed by atoms with Gasteiger partial charge in [0.05, 0.1) is 10.5 Å². The Hall–Kier alpha value is -2.40. The van der Waals surface area contributed by atoms with Crippen molar-refractivity contribution in [2.45, 2.75) is 27.0 Å². The second-order valence-corrected chi connectivity index (χ2v) is 4.94. The third kappa shape index (κ3) is 3.38. The van der Waals surface area contributed by atoms with Crippen molar-refractivity contribution in [3.05, 3.63) is 68.8 Å². The highest BCUT2D eigenvalue weighted by atomic mass is 16.6. The number of ether oxygens (including phenoxy) is 1. The first-order chi connectivity index (χ1) is 10.0. The van der Waals surface area contributed by atoms with Gasteiger partial charge in [-0.3, -0.25) is 10.1 Å². The quantitative estimate of drug-likeness (QED) is 0.676. The van der Waals surface area contributed by atoms with Crippen molar-refractivity contribution in [3.63, 3.8) is 0 Å². The van der Waals surface area contributed by atoms with Crippen molar-refractivity contribution in [1.82, 2.24) is 0 Å². The van der Waals surface area contributed by atoms with E-state index in [1.54, 1.807) is 18.2 Å². The molecule has 0 aliphatic carbocycles. The molecule has 5 heteroatoms. The summed E-state index contributed by atoms with van der Waals surface area (Å²) in [5, 5.41) is 11.0. The maximum atomic E-state index is 11.0. The number of aryl methyl sites for hydroxylation is 2. The van der Waals surface area contributed by atoms with E-state index >= 15 is 0 Å². The van der Waals surface area contributed by atoms with E-state index in [4.69, 9.17) is 10.5 Å². The minimum Gasteiger partial charge on any atom is -0.488 e. The molecule has 0 unspecified atom stereocenters. The molecule has 0 saturated carbocycles. The van der Waals surface area contributed by atoms with Gasteiger partial charge in [-0.1, -0.05) is 24.3 Å². The molecule has 0 saturated heterocycles. The fraction of sp³-hybridized carbons (Fsp3) is 0.250. The highest BCUT2D eigenvalue weighted by Crippen LogP contribution is 2.27. The van der Waals surface area contributed by atoms with Gasteiger partial charge in [-0.25, -0.2) is 0 Å². The van der Waals surface area contributed by atoms with Crippen LogP contribution in [0, 0.1) is 24.0 Å². The normalized spacial score (nSPS) is 10.4. The van der Waals surface area contributed by atoms with Crippen molar-refractivity contribution < 1.29 is 9.66 Å². The molecule has 2 aromatic rings. The zero-order chi connectivity index (χ0) is 15.4. The van der Waals surface area contributed by atoms with Crippen molar-refractivity contribution in [2.75, 3.05) is 0 Å². The van der Waals surface area contributed by atoms with Crippen molar-refractivity contribution in [1.29, 1.82) is 0 Å². The van der Waals surface area contributed by atoms with Crippen LogP contribution in [0.3, 0.4) is 0 Å². The summed E-state index contributed by atoms with van der Waals surface area (Å²) in [7, 11) is 0. The second kappa shape index (κ2) is 6.37. The predicted molar refractivity (Wildman–Crippen MR) is 81.2 cm³/mol.